The second-order valence-corrected chi connectivity index (χ2v) is 7.12. The van der Waals surface area contributed by atoms with Crippen molar-refractivity contribution in [2.75, 3.05) is 32.8 Å². The topological polar surface area (TPSA) is 77.0 Å². The Hall–Kier alpha value is -1.35. The Morgan fingerprint density at radius 2 is 1.76 bits per heavy atom. The van der Waals surface area contributed by atoms with Crippen molar-refractivity contribution in [2.24, 2.45) is 10.4 Å². The Morgan fingerprint density at radius 1 is 1.10 bits per heavy atom. The molecule has 0 fully saturated rings. The molecule has 0 spiro atoms. The van der Waals surface area contributed by atoms with Crippen molar-refractivity contribution in [3.05, 3.63) is 35.9 Å². The van der Waals surface area contributed by atoms with Gasteiger partial charge in [-0.25, -0.2) is 4.99 Å². The lowest BCUT2D eigenvalue weighted by molar-refractivity contribution is -0.130. The van der Waals surface area contributed by atoms with E-state index in [0.29, 0.717) is 19.0 Å². The van der Waals surface area contributed by atoms with Gasteiger partial charge in [-0.2, -0.15) is 0 Å². The standard InChI is InChI=1S/C22H38N4O2.HI/c1-5-22(6-2,14-15-27)18-25-21(23-7-3)24-16-20(28)26(8-4)17-19-12-10-9-11-13-19;/h9-13,27H,5-8,14-18H2,1-4H3,(H2,23,24,25);1H. The number of aliphatic hydroxyl groups is 1. The molecule has 0 aliphatic rings. The molecule has 0 aliphatic heterocycles. The van der Waals surface area contributed by atoms with Gasteiger partial charge in [0.1, 0.15) is 6.54 Å². The predicted octanol–water partition coefficient (Wildman–Crippen LogP) is 3.40. The zero-order valence-corrected chi connectivity index (χ0v) is 20.7. The molecule has 0 radical (unpaired) electrons. The number of guanidine groups is 1. The van der Waals surface area contributed by atoms with Gasteiger partial charge in [0, 0.05) is 32.8 Å². The van der Waals surface area contributed by atoms with Crippen molar-refractivity contribution in [3.63, 3.8) is 0 Å². The predicted molar refractivity (Wildman–Crippen MR) is 132 cm³/mol. The van der Waals surface area contributed by atoms with Crippen LogP contribution in [0.1, 0.15) is 52.5 Å². The van der Waals surface area contributed by atoms with Crippen LogP contribution >= 0.6 is 24.0 Å². The van der Waals surface area contributed by atoms with Crippen LogP contribution in [0.15, 0.2) is 35.3 Å². The largest absolute Gasteiger partial charge is 0.396 e. The third-order valence-electron chi connectivity index (χ3n) is 5.44. The molecule has 1 amide bonds. The summed E-state index contributed by atoms with van der Waals surface area (Å²) in [4.78, 5) is 18.9. The second-order valence-electron chi connectivity index (χ2n) is 7.12. The fourth-order valence-electron chi connectivity index (χ4n) is 3.22. The molecule has 166 valence electrons. The monoisotopic (exact) mass is 518 g/mol. The van der Waals surface area contributed by atoms with Crippen molar-refractivity contribution in [2.45, 2.75) is 53.5 Å². The number of carbonyl (C=O) groups is 1. The van der Waals surface area contributed by atoms with Crippen LogP contribution in [0, 0.1) is 5.41 Å². The molecule has 1 aromatic carbocycles. The summed E-state index contributed by atoms with van der Waals surface area (Å²) in [5, 5.41) is 16.0. The fourth-order valence-corrected chi connectivity index (χ4v) is 3.22. The van der Waals surface area contributed by atoms with Gasteiger partial charge in [-0.3, -0.25) is 4.79 Å². The number of carbonyl (C=O) groups excluding carboxylic acids is 1. The van der Waals surface area contributed by atoms with Crippen LogP contribution in [0.2, 0.25) is 0 Å². The summed E-state index contributed by atoms with van der Waals surface area (Å²) in [6.07, 6.45) is 2.72. The Bertz CT molecular complexity index is 592. The first-order chi connectivity index (χ1) is 13.5. The average molecular weight is 518 g/mol. The third-order valence-corrected chi connectivity index (χ3v) is 5.44. The summed E-state index contributed by atoms with van der Waals surface area (Å²) in [7, 11) is 0. The quantitative estimate of drug-likeness (QED) is 0.225. The van der Waals surface area contributed by atoms with Gasteiger partial charge in [-0.1, -0.05) is 44.2 Å². The number of nitrogens with zero attached hydrogens (tertiary/aromatic N) is 2. The van der Waals surface area contributed by atoms with Crippen LogP contribution in [-0.2, 0) is 11.3 Å². The minimum atomic E-state index is 0. The molecule has 1 aromatic rings. The van der Waals surface area contributed by atoms with Gasteiger partial charge in [-0.15, -0.1) is 24.0 Å². The summed E-state index contributed by atoms with van der Waals surface area (Å²) in [5.74, 6) is 0.659. The van der Waals surface area contributed by atoms with E-state index in [1.54, 1.807) is 0 Å². The number of likely N-dealkylation sites (N-methyl/N-ethyl adjacent to an activating group) is 1. The lowest BCUT2D eigenvalue weighted by Crippen LogP contribution is -2.44. The van der Waals surface area contributed by atoms with Crippen LogP contribution in [-0.4, -0.2) is 54.7 Å². The van der Waals surface area contributed by atoms with Gasteiger partial charge < -0.3 is 20.6 Å². The first-order valence-electron chi connectivity index (χ1n) is 10.5. The second kappa shape index (κ2) is 15.5. The molecule has 29 heavy (non-hydrogen) atoms. The number of hydrogen-bond acceptors (Lipinski definition) is 3. The molecule has 0 saturated carbocycles. The maximum Gasteiger partial charge on any atom is 0.244 e. The zero-order chi connectivity index (χ0) is 20.8. The Morgan fingerprint density at radius 3 is 2.28 bits per heavy atom. The molecule has 0 bridgehead atoms. The number of nitrogens with one attached hydrogen (secondary N) is 2. The van der Waals surface area contributed by atoms with E-state index in [1.807, 2.05) is 49.1 Å². The first kappa shape index (κ1) is 27.6. The summed E-state index contributed by atoms with van der Waals surface area (Å²) in [6.45, 7) is 11.3. The number of aliphatic hydroxyl groups excluding tert-OH is 1. The number of rotatable bonds is 12. The van der Waals surface area contributed by atoms with Crippen LogP contribution in [0.25, 0.3) is 0 Å². The highest BCUT2D eigenvalue weighted by Crippen LogP contribution is 2.29. The smallest absolute Gasteiger partial charge is 0.244 e. The highest BCUT2D eigenvalue weighted by atomic mass is 127. The van der Waals surface area contributed by atoms with Crippen molar-refractivity contribution < 1.29 is 9.90 Å². The van der Waals surface area contributed by atoms with Gasteiger partial charge in [-0.05, 0) is 44.1 Å². The Labute approximate surface area is 193 Å². The van der Waals surface area contributed by atoms with E-state index in [0.717, 1.165) is 37.9 Å². The summed E-state index contributed by atoms with van der Waals surface area (Å²) >= 11 is 0. The van der Waals surface area contributed by atoms with Gasteiger partial charge in [0.05, 0.1) is 0 Å². The SMILES string of the molecule is CCNC(=NCC(=O)N(CC)Cc1ccccc1)NCC(CC)(CC)CCO.I. The highest BCUT2D eigenvalue weighted by Gasteiger charge is 2.25. The lowest BCUT2D eigenvalue weighted by Gasteiger charge is -2.32. The van der Waals surface area contributed by atoms with Crippen molar-refractivity contribution >= 4 is 35.8 Å². The van der Waals surface area contributed by atoms with E-state index < -0.39 is 0 Å². The van der Waals surface area contributed by atoms with Crippen LogP contribution in [0.3, 0.4) is 0 Å². The fraction of sp³-hybridized carbons (Fsp3) is 0.636. The van der Waals surface area contributed by atoms with E-state index in [4.69, 9.17) is 0 Å². The van der Waals surface area contributed by atoms with Crippen LogP contribution in [0.4, 0.5) is 0 Å². The Kier molecular flexibility index (Phi) is 14.8. The van der Waals surface area contributed by atoms with Crippen molar-refractivity contribution in [1.29, 1.82) is 0 Å². The van der Waals surface area contributed by atoms with E-state index in [1.165, 1.54) is 0 Å². The number of benzene rings is 1. The molecule has 0 heterocycles. The Balaban J connectivity index is 0.00000784. The molecular formula is C22H39IN4O2. The molecule has 0 saturated heterocycles. The first-order valence-corrected chi connectivity index (χ1v) is 10.5. The van der Waals surface area contributed by atoms with Crippen LogP contribution in [0.5, 0.6) is 0 Å². The van der Waals surface area contributed by atoms with Gasteiger partial charge >= 0.3 is 0 Å². The maximum atomic E-state index is 12.6. The minimum absolute atomic E-state index is 0. The van der Waals surface area contributed by atoms with E-state index in [2.05, 4.69) is 29.5 Å². The van der Waals surface area contributed by atoms with Crippen molar-refractivity contribution in [3.8, 4) is 0 Å². The van der Waals surface area contributed by atoms with E-state index in [-0.39, 0.29) is 48.5 Å². The number of halogens is 1. The van der Waals surface area contributed by atoms with Gasteiger partial charge in [0.15, 0.2) is 5.96 Å². The highest BCUT2D eigenvalue weighted by molar-refractivity contribution is 14.0. The number of aliphatic imine (C=N–C) groups is 1. The average Bonchev–Trinajstić information content (AvgIpc) is 2.73. The zero-order valence-electron chi connectivity index (χ0n) is 18.4. The maximum absolute atomic E-state index is 12.6. The number of amides is 1. The van der Waals surface area contributed by atoms with E-state index >= 15 is 0 Å². The molecule has 0 atom stereocenters. The van der Waals surface area contributed by atoms with Crippen molar-refractivity contribution in [1.82, 2.24) is 15.5 Å². The molecule has 0 aliphatic carbocycles. The molecular weight excluding hydrogens is 479 g/mol. The minimum Gasteiger partial charge on any atom is -0.396 e. The molecule has 1 rings (SSSR count). The molecule has 0 unspecified atom stereocenters. The lowest BCUT2D eigenvalue weighted by atomic mass is 9.79. The van der Waals surface area contributed by atoms with E-state index in [9.17, 15) is 9.90 Å². The van der Waals surface area contributed by atoms with Gasteiger partial charge in [0.25, 0.3) is 0 Å². The molecule has 7 heteroatoms. The number of hydrogen-bond donors (Lipinski definition) is 3. The molecule has 6 nitrogen and oxygen atoms in total. The summed E-state index contributed by atoms with van der Waals surface area (Å²) in [5.41, 5.74) is 1.16. The van der Waals surface area contributed by atoms with Crippen LogP contribution < -0.4 is 10.6 Å². The molecule has 3 N–H and O–H groups in total. The summed E-state index contributed by atoms with van der Waals surface area (Å²) in [6, 6.07) is 10.0. The summed E-state index contributed by atoms with van der Waals surface area (Å²) < 4.78 is 0. The molecule has 0 aromatic heterocycles. The van der Waals surface area contributed by atoms with Gasteiger partial charge in [0.2, 0.25) is 5.91 Å². The normalized spacial score (nSPS) is 11.6. The third kappa shape index (κ3) is 9.80.